The van der Waals surface area contributed by atoms with Crippen molar-refractivity contribution in [2.24, 2.45) is 0 Å². The fourth-order valence-corrected chi connectivity index (χ4v) is 3.25. The number of hydrogen-bond donors (Lipinski definition) is 1. The summed E-state index contributed by atoms with van der Waals surface area (Å²) in [5, 5.41) is 2.78. The molecule has 1 aliphatic rings. The number of ether oxygens (including phenoxy) is 1. The van der Waals surface area contributed by atoms with E-state index in [9.17, 15) is 4.79 Å². The van der Waals surface area contributed by atoms with E-state index in [4.69, 9.17) is 4.74 Å². The van der Waals surface area contributed by atoms with Gasteiger partial charge < -0.3 is 10.1 Å². The first-order valence-electron chi connectivity index (χ1n) is 9.72. The number of amides is 1. The molecule has 142 valence electrons. The lowest BCUT2D eigenvalue weighted by molar-refractivity contribution is 0.140. The van der Waals surface area contributed by atoms with E-state index >= 15 is 0 Å². The van der Waals surface area contributed by atoms with E-state index in [-0.39, 0.29) is 6.09 Å². The van der Waals surface area contributed by atoms with Gasteiger partial charge >= 0.3 is 6.09 Å². The number of likely N-dealkylation sites (tertiary alicyclic amines) is 1. The summed E-state index contributed by atoms with van der Waals surface area (Å²) in [7, 11) is 0. The zero-order valence-electron chi connectivity index (χ0n) is 15.8. The minimum absolute atomic E-state index is 0.298. The van der Waals surface area contributed by atoms with Crippen LogP contribution in [0.25, 0.3) is 6.08 Å². The molecule has 0 spiro atoms. The molecule has 4 heteroatoms. The van der Waals surface area contributed by atoms with Crippen LogP contribution in [0.4, 0.5) is 4.79 Å². The van der Waals surface area contributed by atoms with E-state index in [1.165, 1.54) is 37.1 Å². The summed E-state index contributed by atoms with van der Waals surface area (Å²) in [6, 6.07) is 18.4. The van der Waals surface area contributed by atoms with E-state index in [0.29, 0.717) is 13.2 Å². The summed E-state index contributed by atoms with van der Waals surface area (Å²) in [6.07, 6.45) is 7.24. The average Bonchev–Trinajstić information content (AvgIpc) is 3.20. The maximum atomic E-state index is 11.7. The van der Waals surface area contributed by atoms with E-state index in [1.807, 2.05) is 30.3 Å². The van der Waals surface area contributed by atoms with Crippen LogP contribution in [0.3, 0.4) is 0 Å². The van der Waals surface area contributed by atoms with Crippen LogP contribution in [-0.2, 0) is 17.9 Å². The highest BCUT2D eigenvalue weighted by Crippen LogP contribution is 2.14. The van der Waals surface area contributed by atoms with Crippen molar-refractivity contribution in [3.63, 3.8) is 0 Å². The van der Waals surface area contributed by atoms with Gasteiger partial charge in [-0.15, -0.1) is 0 Å². The Bertz CT molecular complexity index is 737. The fraction of sp³-hybridized carbons (Fsp3) is 0.348. The van der Waals surface area contributed by atoms with Gasteiger partial charge in [0.25, 0.3) is 0 Å². The van der Waals surface area contributed by atoms with Gasteiger partial charge in [-0.1, -0.05) is 66.7 Å². The first-order valence-corrected chi connectivity index (χ1v) is 9.72. The second-order valence-electron chi connectivity index (χ2n) is 6.91. The standard InChI is InChI=1S/C23H28N2O2/c26-23(27-19-21-10-2-1-3-11-21)24-14-5-4-9-20-12-8-13-22(17-20)18-25-15-6-7-16-25/h1-4,8-13,17H,5-7,14-16,18-19H2,(H,24,26). The van der Waals surface area contributed by atoms with Crippen LogP contribution in [0.15, 0.2) is 60.7 Å². The van der Waals surface area contributed by atoms with Crippen LogP contribution in [0.2, 0.25) is 0 Å². The topological polar surface area (TPSA) is 41.6 Å². The zero-order valence-corrected chi connectivity index (χ0v) is 15.8. The van der Waals surface area contributed by atoms with Crippen molar-refractivity contribution in [2.75, 3.05) is 19.6 Å². The predicted molar refractivity (Wildman–Crippen MR) is 109 cm³/mol. The third-order valence-corrected chi connectivity index (χ3v) is 4.66. The summed E-state index contributed by atoms with van der Waals surface area (Å²) in [6.45, 7) is 4.33. The third-order valence-electron chi connectivity index (χ3n) is 4.66. The Balaban J connectivity index is 1.34. The number of carbonyl (C=O) groups excluding carboxylic acids is 1. The molecule has 0 unspecified atom stereocenters. The molecule has 1 fully saturated rings. The van der Waals surface area contributed by atoms with Crippen LogP contribution in [0, 0.1) is 0 Å². The number of nitrogens with one attached hydrogen (secondary N) is 1. The fourth-order valence-electron chi connectivity index (χ4n) is 3.25. The molecule has 0 radical (unpaired) electrons. The monoisotopic (exact) mass is 364 g/mol. The molecule has 27 heavy (non-hydrogen) atoms. The summed E-state index contributed by atoms with van der Waals surface area (Å²) >= 11 is 0. The molecule has 4 nitrogen and oxygen atoms in total. The van der Waals surface area contributed by atoms with Gasteiger partial charge in [0.1, 0.15) is 6.61 Å². The Hall–Kier alpha value is -2.59. The van der Waals surface area contributed by atoms with Crippen molar-refractivity contribution in [2.45, 2.75) is 32.4 Å². The minimum Gasteiger partial charge on any atom is -0.445 e. The van der Waals surface area contributed by atoms with E-state index in [2.05, 4.69) is 46.6 Å². The Morgan fingerprint density at radius 1 is 1.04 bits per heavy atom. The number of alkyl carbamates (subject to hydrolysis) is 1. The Labute approximate surface area is 161 Å². The van der Waals surface area contributed by atoms with Crippen LogP contribution < -0.4 is 5.32 Å². The van der Waals surface area contributed by atoms with Crippen LogP contribution >= 0.6 is 0 Å². The Morgan fingerprint density at radius 2 is 1.81 bits per heavy atom. The number of carbonyl (C=O) groups is 1. The zero-order chi connectivity index (χ0) is 18.7. The van der Waals surface area contributed by atoms with Crippen molar-refractivity contribution < 1.29 is 9.53 Å². The van der Waals surface area contributed by atoms with Crippen molar-refractivity contribution >= 4 is 12.2 Å². The quantitative estimate of drug-likeness (QED) is 0.696. The molecule has 3 rings (SSSR count). The molecule has 0 aromatic heterocycles. The van der Waals surface area contributed by atoms with Gasteiger partial charge in [0, 0.05) is 13.1 Å². The van der Waals surface area contributed by atoms with Gasteiger partial charge in [-0.25, -0.2) is 4.79 Å². The van der Waals surface area contributed by atoms with Gasteiger partial charge in [-0.3, -0.25) is 4.90 Å². The Kier molecular flexibility index (Phi) is 7.48. The summed E-state index contributed by atoms with van der Waals surface area (Å²) in [5.74, 6) is 0. The highest BCUT2D eigenvalue weighted by atomic mass is 16.5. The normalized spacial score (nSPS) is 14.5. The number of benzene rings is 2. The van der Waals surface area contributed by atoms with Crippen molar-refractivity contribution in [1.29, 1.82) is 0 Å². The van der Waals surface area contributed by atoms with Crippen molar-refractivity contribution in [3.8, 4) is 0 Å². The molecule has 1 aliphatic heterocycles. The maximum Gasteiger partial charge on any atom is 0.407 e. The smallest absolute Gasteiger partial charge is 0.407 e. The molecule has 1 N–H and O–H groups in total. The molecule has 2 aromatic rings. The second kappa shape index (κ2) is 10.5. The second-order valence-corrected chi connectivity index (χ2v) is 6.91. The minimum atomic E-state index is -0.375. The van der Waals surface area contributed by atoms with Crippen LogP contribution in [-0.4, -0.2) is 30.6 Å². The first-order chi connectivity index (χ1) is 13.3. The molecule has 1 amide bonds. The lowest BCUT2D eigenvalue weighted by Gasteiger charge is -2.14. The summed E-state index contributed by atoms with van der Waals surface area (Å²) < 4.78 is 5.19. The van der Waals surface area contributed by atoms with Gasteiger partial charge in [-0.2, -0.15) is 0 Å². The first kappa shape index (κ1) is 19.2. The largest absolute Gasteiger partial charge is 0.445 e. The lowest BCUT2D eigenvalue weighted by Crippen LogP contribution is -2.24. The highest BCUT2D eigenvalue weighted by Gasteiger charge is 2.11. The maximum absolute atomic E-state index is 11.7. The third kappa shape index (κ3) is 6.91. The molecule has 1 heterocycles. The van der Waals surface area contributed by atoms with Gasteiger partial charge in [-0.05, 0) is 49.0 Å². The SMILES string of the molecule is O=C(NCCC=Cc1cccc(CN2CCCC2)c1)OCc1ccccc1. The van der Waals surface area contributed by atoms with Gasteiger partial charge in [0.05, 0.1) is 0 Å². The Morgan fingerprint density at radius 3 is 2.63 bits per heavy atom. The van der Waals surface area contributed by atoms with E-state index in [0.717, 1.165) is 18.5 Å². The molecule has 2 aromatic carbocycles. The number of hydrogen-bond acceptors (Lipinski definition) is 3. The number of nitrogens with zero attached hydrogens (tertiary/aromatic N) is 1. The molecule has 0 atom stereocenters. The summed E-state index contributed by atoms with van der Waals surface area (Å²) in [4.78, 5) is 14.2. The van der Waals surface area contributed by atoms with Crippen LogP contribution in [0.1, 0.15) is 36.0 Å². The average molecular weight is 364 g/mol. The van der Waals surface area contributed by atoms with Crippen molar-refractivity contribution in [3.05, 3.63) is 77.4 Å². The van der Waals surface area contributed by atoms with Gasteiger partial charge in [0.15, 0.2) is 0 Å². The lowest BCUT2D eigenvalue weighted by atomic mass is 10.1. The predicted octanol–water partition coefficient (Wildman–Crippen LogP) is 4.61. The molecule has 0 bridgehead atoms. The van der Waals surface area contributed by atoms with Crippen LogP contribution in [0.5, 0.6) is 0 Å². The van der Waals surface area contributed by atoms with Gasteiger partial charge in [0.2, 0.25) is 0 Å². The molecular weight excluding hydrogens is 336 g/mol. The molecule has 0 saturated carbocycles. The number of rotatable bonds is 8. The molecule has 1 saturated heterocycles. The van der Waals surface area contributed by atoms with E-state index < -0.39 is 0 Å². The summed E-state index contributed by atoms with van der Waals surface area (Å²) in [5.41, 5.74) is 3.56. The molecule has 0 aliphatic carbocycles. The van der Waals surface area contributed by atoms with Crippen molar-refractivity contribution in [1.82, 2.24) is 10.2 Å². The van der Waals surface area contributed by atoms with E-state index in [1.54, 1.807) is 0 Å². The highest BCUT2D eigenvalue weighted by molar-refractivity contribution is 5.67. The molecular formula is C23H28N2O2.